The predicted molar refractivity (Wildman–Crippen MR) is 62.7 cm³/mol. The number of carbonyl (C=O) groups is 1. The highest BCUT2D eigenvalue weighted by molar-refractivity contribution is 5.87. The second-order valence-electron chi connectivity index (χ2n) is 4.67. The summed E-state index contributed by atoms with van der Waals surface area (Å²) in [6.45, 7) is -0.127. The summed E-state index contributed by atoms with van der Waals surface area (Å²) in [6, 6.07) is -0.110. The molecule has 0 aliphatic heterocycles. The molecule has 19 heavy (non-hydrogen) atoms. The standard InChI is InChI=1S/C11H18F3N3O2/c12-11(13,14)6-5-10(18)17(7-9(15)16-19)8-3-1-2-4-8/h8,19H,1-7H2,(H2,15,16). The average Bonchev–Trinajstić information content (AvgIpc) is 2.85. The van der Waals surface area contributed by atoms with Crippen molar-refractivity contribution in [2.24, 2.45) is 10.9 Å². The van der Waals surface area contributed by atoms with Crippen molar-refractivity contribution in [3.63, 3.8) is 0 Å². The highest BCUT2D eigenvalue weighted by atomic mass is 19.4. The van der Waals surface area contributed by atoms with E-state index in [1.165, 1.54) is 4.90 Å². The summed E-state index contributed by atoms with van der Waals surface area (Å²) in [5.41, 5.74) is 5.35. The summed E-state index contributed by atoms with van der Waals surface area (Å²) in [7, 11) is 0. The van der Waals surface area contributed by atoms with E-state index in [0.717, 1.165) is 25.7 Å². The van der Waals surface area contributed by atoms with Crippen LogP contribution in [0.4, 0.5) is 13.2 Å². The Labute approximate surface area is 109 Å². The molecule has 5 nitrogen and oxygen atoms in total. The van der Waals surface area contributed by atoms with E-state index in [1.54, 1.807) is 0 Å². The van der Waals surface area contributed by atoms with E-state index in [0.29, 0.717) is 0 Å². The number of amides is 1. The van der Waals surface area contributed by atoms with Gasteiger partial charge in [0.1, 0.15) is 0 Å². The minimum Gasteiger partial charge on any atom is -0.409 e. The fourth-order valence-electron chi connectivity index (χ4n) is 2.24. The van der Waals surface area contributed by atoms with Crippen molar-refractivity contribution in [1.82, 2.24) is 4.90 Å². The minimum atomic E-state index is -4.35. The number of halogens is 3. The van der Waals surface area contributed by atoms with Crippen LogP contribution in [0.5, 0.6) is 0 Å². The third kappa shape index (κ3) is 5.35. The van der Waals surface area contributed by atoms with Crippen LogP contribution >= 0.6 is 0 Å². The Balaban J connectivity index is 2.63. The highest BCUT2D eigenvalue weighted by Gasteiger charge is 2.32. The number of carbonyl (C=O) groups excluding carboxylic acids is 1. The van der Waals surface area contributed by atoms with Crippen molar-refractivity contribution in [2.45, 2.75) is 50.7 Å². The quantitative estimate of drug-likeness (QED) is 0.349. The Kier molecular flexibility index (Phi) is 5.44. The summed E-state index contributed by atoms with van der Waals surface area (Å²) >= 11 is 0. The maximum Gasteiger partial charge on any atom is 0.389 e. The molecule has 1 aliphatic carbocycles. The lowest BCUT2D eigenvalue weighted by Gasteiger charge is -2.28. The van der Waals surface area contributed by atoms with Gasteiger partial charge in [-0.2, -0.15) is 13.2 Å². The van der Waals surface area contributed by atoms with E-state index in [1.807, 2.05) is 0 Å². The van der Waals surface area contributed by atoms with Gasteiger partial charge in [0.05, 0.1) is 13.0 Å². The maximum atomic E-state index is 12.1. The van der Waals surface area contributed by atoms with Crippen molar-refractivity contribution in [3.8, 4) is 0 Å². The fourth-order valence-corrected chi connectivity index (χ4v) is 2.24. The largest absolute Gasteiger partial charge is 0.409 e. The molecule has 0 bridgehead atoms. The van der Waals surface area contributed by atoms with Crippen LogP contribution in [0, 0.1) is 0 Å². The van der Waals surface area contributed by atoms with Crippen LogP contribution in [0.1, 0.15) is 38.5 Å². The summed E-state index contributed by atoms with van der Waals surface area (Å²) in [4.78, 5) is 13.2. The van der Waals surface area contributed by atoms with Crippen molar-refractivity contribution >= 4 is 11.7 Å². The van der Waals surface area contributed by atoms with Gasteiger partial charge in [-0.1, -0.05) is 18.0 Å². The lowest BCUT2D eigenvalue weighted by Crippen LogP contribution is -2.44. The molecule has 0 radical (unpaired) electrons. The van der Waals surface area contributed by atoms with Crippen LogP contribution < -0.4 is 5.73 Å². The van der Waals surface area contributed by atoms with Gasteiger partial charge in [0.15, 0.2) is 5.84 Å². The van der Waals surface area contributed by atoms with Gasteiger partial charge >= 0.3 is 6.18 Å². The normalized spacial score (nSPS) is 17.7. The van der Waals surface area contributed by atoms with Gasteiger partial charge in [-0.15, -0.1) is 0 Å². The van der Waals surface area contributed by atoms with E-state index < -0.39 is 24.9 Å². The summed E-state index contributed by atoms with van der Waals surface area (Å²) < 4.78 is 36.4. The van der Waals surface area contributed by atoms with Gasteiger partial charge in [0, 0.05) is 12.5 Å². The zero-order valence-electron chi connectivity index (χ0n) is 10.5. The number of amidine groups is 1. The molecule has 110 valence electrons. The summed E-state index contributed by atoms with van der Waals surface area (Å²) in [5.74, 6) is -0.775. The molecule has 0 spiro atoms. The van der Waals surface area contributed by atoms with Crippen molar-refractivity contribution in [3.05, 3.63) is 0 Å². The predicted octanol–water partition coefficient (Wildman–Crippen LogP) is 1.85. The number of rotatable bonds is 5. The number of alkyl halides is 3. The molecular weight excluding hydrogens is 263 g/mol. The Morgan fingerprint density at radius 2 is 1.95 bits per heavy atom. The molecule has 1 rings (SSSR count). The van der Waals surface area contributed by atoms with Crippen LogP contribution in [0.2, 0.25) is 0 Å². The number of nitrogens with two attached hydrogens (primary N) is 1. The zero-order chi connectivity index (χ0) is 14.5. The van der Waals surface area contributed by atoms with Crippen molar-refractivity contribution < 1.29 is 23.2 Å². The third-order valence-corrected chi connectivity index (χ3v) is 3.17. The zero-order valence-corrected chi connectivity index (χ0v) is 10.5. The molecule has 8 heteroatoms. The Morgan fingerprint density at radius 1 is 1.37 bits per heavy atom. The summed E-state index contributed by atoms with van der Waals surface area (Å²) in [5, 5.41) is 11.3. The Morgan fingerprint density at radius 3 is 2.42 bits per heavy atom. The van der Waals surface area contributed by atoms with Gasteiger partial charge in [0.25, 0.3) is 0 Å². The maximum absolute atomic E-state index is 12.1. The van der Waals surface area contributed by atoms with E-state index in [2.05, 4.69) is 5.16 Å². The Hall–Kier alpha value is -1.47. The Bertz CT molecular complexity index is 339. The van der Waals surface area contributed by atoms with Gasteiger partial charge in [0.2, 0.25) is 5.91 Å². The average molecular weight is 281 g/mol. The first kappa shape index (κ1) is 15.6. The minimum absolute atomic E-state index is 0.110. The topological polar surface area (TPSA) is 78.9 Å². The molecule has 1 amide bonds. The molecule has 3 N–H and O–H groups in total. The fraction of sp³-hybridized carbons (Fsp3) is 0.818. The van der Waals surface area contributed by atoms with Crippen LogP contribution in [-0.2, 0) is 4.79 Å². The molecular formula is C11H18F3N3O2. The van der Waals surface area contributed by atoms with Crippen molar-refractivity contribution in [1.29, 1.82) is 0 Å². The smallest absolute Gasteiger partial charge is 0.389 e. The SMILES string of the molecule is NC(CN(C(=O)CCC(F)(F)F)C1CCCC1)=NO. The van der Waals surface area contributed by atoms with E-state index >= 15 is 0 Å². The van der Waals surface area contributed by atoms with E-state index in [4.69, 9.17) is 10.9 Å². The van der Waals surface area contributed by atoms with Crippen LogP contribution in [0.25, 0.3) is 0 Å². The molecule has 0 aromatic carbocycles. The number of hydrogen-bond acceptors (Lipinski definition) is 3. The molecule has 1 saturated carbocycles. The number of oxime groups is 1. The second kappa shape index (κ2) is 6.63. The van der Waals surface area contributed by atoms with E-state index in [-0.39, 0.29) is 18.4 Å². The first-order valence-corrected chi connectivity index (χ1v) is 6.16. The molecule has 0 aromatic heterocycles. The van der Waals surface area contributed by atoms with Crippen LogP contribution in [-0.4, -0.2) is 40.6 Å². The van der Waals surface area contributed by atoms with Crippen molar-refractivity contribution in [2.75, 3.05) is 6.54 Å². The molecule has 0 heterocycles. The van der Waals surface area contributed by atoms with Gasteiger partial charge < -0.3 is 15.8 Å². The molecule has 0 saturated heterocycles. The third-order valence-electron chi connectivity index (χ3n) is 3.17. The lowest BCUT2D eigenvalue weighted by molar-refractivity contribution is -0.149. The molecule has 0 atom stereocenters. The summed E-state index contributed by atoms with van der Waals surface area (Å²) in [6.07, 6.45) is -2.74. The van der Waals surface area contributed by atoms with Gasteiger partial charge in [-0.3, -0.25) is 4.79 Å². The molecule has 0 aromatic rings. The monoisotopic (exact) mass is 281 g/mol. The molecule has 1 aliphatic rings. The highest BCUT2D eigenvalue weighted by Crippen LogP contribution is 2.26. The van der Waals surface area contributed by atoms with E-state index in [9.17, 15) is 18.0 Å². The molecule has 1 fully saturated rings. The van der Waals surface area contributed by atoms with Crippen LogP contribution in [0.3, 0.4) is 0 Å². The second-order valence-corrected chi connectivity index (χ2v) is 4.67. The number of nitrogens with zero attached hydrogens (tertiary/aromatic N) is 2. The first-order valence-electron chi connectivity index (χ1n) is 6.16. The molecule has 0 unspecified atom stereocenters. The first-order chi connectivity index (χ1) is 8.83. The van der Waals surface area contributed by atoms with Gasteiger partial charge in [-0.05, 0) is 12.8 Å². The lowest BCUT2D eigenvalue weighted by atomic mass is 10.1. The van der Waals surface area contributed by atoms with Crippen LogP contribution in [0.15, 0.2) is 5.16 Å². The van der Waals surface area contributed by atoms with Gasteiger partial charge in [-0.25, -0.2) is 0 Å². The number of hydrogen-bond donors (Lipinski definition) is 2.